The third-order valence-electron chi connectivity index (χ3n) is 0. The zero-order chi connectivity index (χ0) is 3.58. The molecule has 27 valence electrons. The summed E-state index contributed by atoms with van der Waals surface area (Å²) >= 11 is 3.33. The predicted octanol–water partition coefficient (Wildman–Crippen LogP) is 0.463. The topological polar surface area (TPSA) is 17.1 Å². The third kappa shape index (κ3) is 36.5. The van der Waals surface area contributed by atoms with Gasteiger partial charge in [0, 0.05) is 42.5 Å². The summed E-state index contributed by atoms with van der Waals surface area (Å²) in [6.45, 7) is 1.39. The molecule has 0 saturated carbocycles. The smallest absolute Gasteiger partial charge is 0.182 e. The molecule has 0 aliphatic heterocycles. The van der Waals surface area contributed by atoms with Gasteiger partial charge in [-0.1, -0.05) is 0 Å². The van der Waals surface area contributed by atoms with E-state index in [4.69, 9.17) is 0 Å². The van der Waals surface area contributed by atoms with Gasteiger partial charge in [0.1, 0.15) is 0 Å². The molecular formula is C2H4LaOS. The summed E-state index contributed by atoms with van der Waals surface area (Å²) in [5, 5.41) is -0.139. The van der Waals surface area contributed by atoms with Gasteiger partial charge in [0.15, 0.2) is 5.12 Å². The van der Waals surface area contributed by atoms with Crippen molar-refractivity contribution < 1.29 is 40.4 Å². The van der Waals surface area contributed by atoms with E-state index in [2.05, 4.69) is 12.6 Å². The zero-order valence-corrected chi connectivity index (χ0v) is 7.45. The van der Waals surface area contributed by atoms with Gasteiger partial charge in [0.05, 0.1) is 0 Å². The molecule has 1 radical (unpaired) electrons. The van der Waals surface area contributed by atoms with Gasteiger partial charge < -0.3 is 0 Å². The first kappa shape index (κ1) is 9.51. The van der Waals surface area contributed by atoms with Crippen molar-refractivity contribution in [3.05, 3.63) is 0 Å². The fourth-order valence-electron chi connectivity index (χ4n) is 0. The Labute approximate surface area is 64.5 Å². The van der Waals surface area contributed by atoms with Crippen LogP contribution in [0, 0.1) is 35.6 Å². The minimum absolute atomic E-state index is 0. The first-order valence-electron chi connectivity index (χ1n) is 0.928. The van der Waals surface area contributed by atoms with Crippen LogP contribution >= 0.6 is 12.6 Å². The van der Waals surface area contributed by atoms with Crippen molar-refractivity contribution in [2.45, 2.75) is 6.92 Å². The number of hydrogen-bond acceptors (Lipinski definition) is 1. The Bertz CT molecular complexity index is 32.6. The van der Waals surface area contributed by atoms with E-state index in [0.29, 0.717) is 0 Å². The molecule has 0 aromatic rings. The van der Waals surface area contributed by atoms with Gasteiger partial charge in [-0.2, -0.15) is 0 Å². The van der Waals surface area contributed by atoms with Crippen LogP contribution in [-0.2, 0) is 4.79 Å². The van der Waals surface area contributed by atoms with Crippen molar-refractivity contribution >= 4 is 17.7 Å². The molecule has 0 amide bonds. The molecule has 0 saturated heterocycles. The molecule has 3 heteroatoms. The van der Waals surface area contributed by atoms with Crippen LogP contribution in [0.1, 0.15) is 6.92 Å². The van der Waals surface area contributed by atoms with Gasteiger partial charge in [0.25, 0.3) is 0 Å². The summed E-state index contributed by atoms with van der Waals surface area (Å²) in [5.74, 6) is 0. The zero-order valence-electron chi connectivity index (χ0n) is 2.93. The fraction of sp³-hybridized carbons (Fsp3) is 0.500. The summed E-state index contributed by atoms with van der Waals surface area (Å²) in [4.78, 5) is 9.31. The molecule has 0 aromatic carbocycles. The molecule has 0 spiro atoms. The minimum Gasteiger partial charge on any atom is -0.288 e. The second kappa shape index (κ2) is 5.21. The maximum Gasteiger partial charge on any atom is 0.182 e. The van der Waals surface area contributed by atoms with E-state index < -0.39 is 0 Å². The molecule has 0 aliphatic carbocycles. The quantitative estimate of drug-likeness (QED) is 0.581. The van der Waals surface area contributed by atoms with Crippen molar-refractivity contribution in [2.75, 3.05) is 0 Å². The van der Waals surface area contributed by atoms with Crippen molar-refractivity contribution in [3.8, 4) is 0 Å². The molecular weight excluding hydrogens is 211 g/mol. The van der Waals surface area contributed by atoms with E-state index in [1.807, 2.05) is 0 Å². The van der Waals surface area contributed by atoms with E-state index in [1.165, 1.54) is 6.92 Å². The van der Waals surface area contributed by atoms with Crippen LogP contribution in [0.25, 0.3) is 0 Å². The Kier molecular flexibility index (Phi) is 9.92. The average molecular weight is 215 g/mol. The number of rotatable bonds is 0. The molecule has 0 unspecified atom stereocenters. The van der Waals surface area contributed by atoms with Crippen molar-refractivity contribution in [2.24, 2.45) is 0 Å². The van der Waals surface area contributed by atoms with E-state index in [1.54, 1.807) is 0 Å². The van der Waals surface area contributed by atoms with Crippen LogP contribution < -0.4 is 0 Å². The maximum absolute atomic E-state index is 9.31. The molecule has 5 heavy (non-hydrogen) atoms. The summed E-state index contributed by atoms with van der Waals surface area (Å²) in [5.41, 5.74) is 0. The SMILES string of the molecule is CC(=O)S.[La]. The molecule has 0 N–H and O–H groups in total. The van der Waals surface area contributed by atoms with Crippen LogP contribution in [0.2, 0.25) is 0 Å². The second-order valence-electron chi connectivity index (χ2n) is 0.519. The Morgan fingerprint density at radius 1 is 1.80 bits per heavy atom. The second-order valence-corrected chi connectivity index (χ2v) is 1.15. The Hall–Kier alpha value is 1.21. The first-order valence-corrected chi connectivity index (χ1v) is 1.37. The summed E-state index contributed by atoms with van der Waals surface area (Å²) in [7, 11) is 0. The van der Waals surface area contributed by atoms with Crippen LogP contribution in [-0.4, -0.2) is 5.12 Å². The molecule has 0 aromatic heterocycles. The van der Waals surface area contributed by atoms with Crippen molar-refractivity contribution in [3.63, 3.8) is 0 Å². The van der Waals surface area contributed by atoms with Crippen LogP contribution in [0.4, 0.5) is 0 Å². The van der Waals surface area contributed by atoms with Crippen LogP contribution in [0.5, 0.6) is 0 Å². The predicted molar refractivity (Wildman–Crippen MR) is 19.7 cm³/mol. The molecule has 0 fully saturated rings. The van der Waals surface area contributed by atoms with Gasteiger partial charge in [-0.05, 0) is 0 Å². The summed E-state index contributed by atoms with van der Waals surface area (Å²) in [6, 6.07) is 0. The maximum atomic E-state index is 9.31. The molecule has 0 atom stereocenters. The van der Waals surface area contributed by atoms with Crippen LogP contribution in [0.3, 0.4) is 0 Å². The number of carbonyl (C=O) groups excluding carboxylic acids is 1. The van der Waals surface area contributed by atoms with E-state index in [0.717, 1.165) is 0 Å². The monoisotopic (exact) mass is 215 g/mol. The number of hydrogen-bond donors (Lipinski definition) is 1. The molecule has 0 aliphatic rings. The standard InChI is InChI=1S/C2H4OS.La/c1-2(3)4;/h1H3,(H,3,4);. The normalized spacial score (nSPS) is 5.20. The van der Waals surface area contributed by atoms with Gasteiger partial charge in [0.2, 0.25) is 0 Å². The van der Waals surface area contributed by atoms with Crippen molar-refractivity contribution in [1.29, 1.82) is 0 Å². The van der Waals surface area contributed by atoms with E-state index >= 15 is 0 Å². The van der Waals surface area contributed by atoms with Crippen LogP contribution in [0.15, 0.2) is 0 Å². The summed E-state index contributed by atoms with van der Waals surface area (Å²) < 4.78 is 0. The van der Waals surface area contributed by atoms with E-state index in [9.17, 15) is 4.79 Å². The molecule has 0 bridgehead atoms. The fourth-order valence-corrected chi connectivity index (χ4v) is 0. The Morgan fingerprint density at radius 2 is 1.80 bits per heavy atom. The third-order valence-corrected chi connectivity index (χ3v) is 0. The van der Waals surface area contributed by atoms with Crippen molar-refractivity contribution in [1.82, 2.24) is 0 Å². The largest absolute Gasteiger partial charge is 0.288 e. The van der Waals surface area contributed by atoms with E-state index in [-0.39, 0.29) is 40.7 Å². The van der Waals surface area contributed by atoms with Gasteiger partial charge in [-0.15, -0.1) is 12.6 Å². The number of carbonyl (C=O) groups is 1. The minimum atomic E-state index is -0.139. The first-order chi connectivity index (χ1) is 1.73. The molecule has 1 nitrogen and oxygen atoms in total. The molecule has 0 heterocycles. The van der Waals surface area contributed by atoms with Gasteiger partial charge in [-0.25, -0.2) is 0 Å². The Morgan fingerprint density at radius 3 is 1.80 bits per heavy atom. The van der Waals surface area contributed by atoms with Gasteiger partial charge >= 0.3 is 0 Å². The summed E-state index contributed by atoms with van der Waals surface area (Å²) in [6.07, 6.45) is 0. The molecule has 0 rings (SSSR count). The van der Waals surface area contributed by atoms with Gasteiger partial charge in [-0.3, -0.25) is 4.79 Å². The number of thiol groups is 1. The Balaban J connectivity index is 0. The average Bonchev–Trinajstić information content (AvgIpc) is 0.811.